The molecule has 0 bridgehead atoms. The SMILES string of the molecule is Cc1cccc(N=Nc2cc(C(=O)O)c(O)c3ccccc23)c1. The van der Waals surface area contributed by atoms with Crippen molar-refractivity contribution in [3.63, 3.8) is 0 Å². The highest BCUT2D eigenvalue weighted by atomic mass is 16.4. The van der Waals surface area contributed by atoms with Crippen molar-refractivity contribution in [2.45, 2.75) is 6.92 Å². The maximum absolute atomic E-state index is 11.3. The van der Waals surface area contributed by atoms with Crippen LogP contribution in [0.25, 0.3) is 10.8 Å². The number of nitrogens with zero attached hydrogens (tertiary/aromatic N) is 2. The molecule has 0 fully saturated rings. The van der Waals surface area contributed by atoms with Gasteiger partial charge in [0.05, 0.1) is 11.4 Å². The van der Waals surface area contributed by atoms with Crippen LogP contribution < -0.4 is 0 Å². The standard InChI is InChI=1S/C18H14N2O3/c1-11-5-4-6-12(9-11)19-20-16-10-15(18(22)23)17(21)14-8-3-2-7-13(14)16/h2-10,21H,1H3,(H,22,23). The highest BCUT2D eigenvalue weighted by Crippen LogP contribution is 2.36. The third kappa shape index (κ3) is 2.89. The molecule has 114 valence electrons. The topological polar surface area (TPSA) is 82.2 Å². The molecule has 5 nitrogen and oxygen atoms in total. The Labute approximate surface area is 132 Å². The van der Waals surface area contributed by atoms with Gasteiger partial charge in [0.2, 0.25) is 0 Å². The fraction of sp³-hybridized carbons (Fsp3) is 0.0556. The molecule has 3 aromatic rings. The number of hydrogen-bond donors (Lipinski definition) is 2. The number of hydrogen-bond acceptors (Lipinski definition) is 4. The second kappa shape index (κ2) is 5.88. The summed E-state index contributed by atoms with van der Waals surface area (Å²) in [6.07, 6.45) is 0. The van der Waals surface area contributed by atoms with E-state index in [0.29, 0.717) is 22.1 Å². The van der Waals surface area contributed by atoms with Gasteiger partial charge in [-0.25, -0.2) is 4.79 Å². The predicted octanol–water partition coefficient (Wildman–Crippen LogP) is 4.97. The molecule has 0 saturated heterocycles. The molecule has 0 aliphatic heterocycles. The van der Waals surface area contributed by atoms with Gasteiger partial charge in [0.1, 0.15) is 11.3 Å². The van der Waals surface area contributed by atoms with Crippen LogP contribution in [-0.2, 0) is 0 Å². The van der Waals surface area contributed by atoms with Gasteiger partial charge in [-0.1, -0.05) is 36.4 Å². The van der Waals surface area contributed by atoms with Gasteiger partial charge in [-0.05, 0) is 30.7 Å². The van der Waals surface area contributed by atoms with Crippen molar-refractivity contribution in [2.24, 2.45) is 10.2 Å². The normalized spacial score (nSPS) is 11.2. The summed E-state index contributed by atoms with van der Waals surface area (Å²) in [5.41, 5.74) is 1.95. The van der Waals surface area contributed by atoms with Crippen molar-refractivity contribution in [3.05, 3.63) is 65.7 Å². The van der Waals surface area contributed by atoms with Crippen LogP contribution in [0.4, 0.5) is 11.4 Å². The Hall–Kier alpha value is -3.21. The largest absolute Gasteiger partial charge is 0.506 e. The molecule has 2 N–H and O–H groups in total. The first kappa shape index (κ1) is 14.7. The molecule has 0 spiro atoms. The Morgan fingerprint density at radius 3 is 2.39 bits per heavy atom. The first-order chi connectivity index (χ1) is 11.1. The van der Waals surface area contributed by atoms with Gasteiger partial charge < -0.3 is 10.2 Å². The van der Waals surface area contributed by atoms with Crippen LogP contribution in [0.3, 0.4) is 0 Å². The average Bonchev–Trinajstić information content (AvgIpc) is 2.54. The second-order valence-electron chi connectivity index (χ2n) is 5.18. The number of benzene rings is 3. The third-order valence-electron chi connectivity index (χ3n) is 3.50. The maximum atomic E-state index is 11.3. The third-order valence-corrected chi connectivity index (χ3v) is 3.50. The van der Waals surface area contributed by atoms with Crippen LogP contribution in [0.15, 0.2) is 64.8 Å². The molecule has 0 radical (unpaired) electrons. The Morgan fingerprint density at radius 2 is 1.70 bits per heavy atom. The minimum atomic E-state index is -1.21. The van der Waals surface area contributed by atoms with Gasteiger partial charge in [-0.3, -0.25) is 0 Å². The number of aromatic hydroxyl groups is 1. The zero-order chi connectivity index (χ0) is 16.4. The van der Waals surface area contributed by atoms with Crippen LogP contribution in [0.2, 0.25) is 0 Å². The molecular weight excluding hydrogens is 292 g/mol. The summed E-state index contributed by atoms with van der Waals surface area (Å²) < 4.78 is 0. The number of aryl methyl sites for hydroxylation is 1. The lowest BCUT2D eigenvalue weighted by atomic mass is 10.0. The van der Waals surface area contributed by atoms with E-state index in [1.165, 1.54) is 6.07 Å². The van der Waals surface area contributed by atoms with Crippen molar-refractivity contribution >= 4 is 28.1 Å². The number of carboxylic acid groups (broad SMARTS) is 1. The minimum absolute atomic E-state index is 0.193. The van der Waals surface area contributed by atoms with Crippen LogP contribution in [0.1, 0.15) is 15.9 Å². The van der Waals surface area contributed by atoms with Crippen molar-refractivity contribution in [1.82, 2.24) is 0 Å². The predicted molar refractivity (Wildman–Crippen MR) is 87.9 cm³/mol. The van der Waals surface area contributed by atoms with Crippen LogP contribution >= 0.6 is 0 Å². The Kier molecular flexibility index (Phi) is 3.76. The molecule has 0 saturated carbocycles. The summed E-state index contributed by atoms with van der Waals surface area (Å²) in [4.78, 5) is 11.3. The first-order valence-electron chi connectivity index (χ1n) is 7.02. The lowest BCUT2D eigenvalue weighted by Crippen LogP contribution is -1.97. The van der Waals surface area contributed by atoms with Gasteiger partial charge in [0, 0.05) is 10.8 Å². The summed E-state index contributed by atoms with van der Waals surface area (Å²) in [6, 6.07) is 15.8. The molecule has 0 atom stereocenters. The average molecular weight is 306 g/mol. The lowest BCUT2D eigenvalue weighted by Gasteiger charge is -2.07. The zero-order valence-corrected chi connectivity index (χ0v) is 12.4. The first-order valence-corrected chi connectivity index (χ1v) is 7.02. The van der Waals surface area contributed by atoms with E-state index in [1.807, 2.05) is 31.2 Å². The van der Waals surface area contributed by atoms with Gasteiger partial charge in [-0.2, -0.15) is 5.11 Å². The van der Waals surface area contributed by atoms with Gasteiger partial charge >= 0.3 is 5.97 Å². The molecule has 0 aliphatic carbocycles. The number of fused-ring (bicyclic) bond motifs is 1. The van der Waals surface area contributed by atoms with E-state index in [-0.39, 0.29) is 11.3 Å². The fourth-order valence-corrected chi connectivity index (χ4v) is 2.39. The van der Waals surface area contributed by atoms with Gasteiger partial charge in [-0.15, -0.1) is 5.11 Å². The molecular formula is C18H14N2O3. The molecule has 0 amide bonds. The van der Waals surface area contributed by atoms with E-state index in [9.17, 15) is 15.0 Å². The van der Waals surface area contributed by atoms with Crippen molar-refractivity contribution < 1.29 is 15.0 Å². The molecule has 0 aliphatic rings. The van der Waals surface area contributed by atoms with E-state index in [0.717, 1.165) is 5.56 Å². The van der Waals surface area contributed by atoms with Gasteiger partial charge in [0.25, 0.3) is 0 Å². The highest BCUT2D eigenvalue weighted by Gasteiger charge is 2.16. The summed E-state index contributed by atoms with van der Waals surface area (Å²) in [5, 5.41) is 28.8. The second-order valence-corrected chi connectivity index (χ2v) is 5.18. The van der Waals surface area contributed by atoms with E-state index in [1.54, 1.807) is 24.3 Å². The van der Waals surface area contributed by atoms with Crippen LogP contribution in [0, 0.1) is 6.92 Å². The fourth-order valence-electron chi connectivity index (χ4n) is 2.39. The highest BCUT2D eigenvalue weighted by molar-refractivity contribution is 6.05. The molecule has 3 aromatic carbocycles. The minimum Gasteiger partial charge on any atom is -0.506 e. The van der Waals surface area contributed by atoms with Crippen LogP contribution in [-0.4, -0.2) is 16.2 Å². The summed E-state index contributed by atoms with van der Waals surface area (Å²) >= 11 is 0. The Bertz CT molecular complexity index is 933. The lowest BCUT2D eigenvalue weighted by molar-refractivity contribution is 0.0694. The number of aromatic carboxylic acids is 1. The van der Waals surface area contributed by atoms with Gasteiger partial charge in [0.15, 0.2) is 0 Å². The summed E-state index contributed by atoms with van der Waals surface area (Å²) in [5.74, 6) is -1.47. The van der Waals surface area contributed by atoms with Crippen molar-refractivity contribution in [2.75, 3.05) is 0 Å². The maximum Gasteiger partial charge on any atom is 0.339 e. The van der Waals surface area contributed by atoms with E-state index < -0.39 is 5.97 Å². The quantitative estimate of drug-likeness (QED) is 0.670. The number of phenols is 1. The molecule has 5 heteroatoms. The smallest absolute Gasteiger partial charge is 0.339 e. The molecule has 23 heavy (non-hydrogen) atoms. The Balaban J connectivity index is 2.16. The number of rotatable bonds is 3. The monoisotopic (exact) mass is 306 g/mol. The summed E-state index contributed by atoms with van der Waals surface area (Å²) in [6.45, 7) is 1.96. The van der Waals surface area contributed by atoms with E-state index in [2.05, 4.69) is 10.2 Å². The number of azo groups is 1. The van der Waals surface area contributed by atoms with E-state index in [4.69, 9.17) is 0 Å². The zero-order valence-electron chi connectivity index (χ0n) is 12.4. The molecule has 3 rings (SSSR count). The summed E-state index contributed by atoms with van der Waals surface area (Å²) in [7, 11) is 0. The van der Waals surface area contributed by atoms with Crippen molar-refractivity contribution in [1.29, 1.82) is 0 Å². The molecule has 0 unspecified atom stereocenters. The molecule has 0 heterocycles. The van der Waals surface area contributed by atoms with Crippen molar-refractivity contribution in [3.8, 4) is 5.75 Å². The molecule has 0 aromatic heterocycles. The van der Waals surface area contributed by atoms with Crippen LogP contribution in [0.5, 0.6) is 5.75 Å². The Morgan fingerprint density at radius 1 is 0.957 bits per heavy atom. The number of carboxylic acids is 1. The number of carbonyl (C=O) groups is 1. The van der Waals surface area contributed by atoms with E-state index >= 15 is 0 Å².